The number of nitrogens with zero attached hydrogens (tertiary/aromatic N) is 1. The summed E-state index contributed by atoms with van der Waals surface area (Å²) in [6, 6.07) is 7.21. The Morgan fingerprint density at radius 1 is 1.25 bits per heavy atom. The molecule has 1 aromatic carbocycles. The molecule has 0 fully saturated rings. The van der Waals surface area contributed by atoms with Crippen LogP contribution < -0.4 is 11.1 Å². The standard InChI is InChI=1S/C15H23N3O2/c1-4-18(10-14(19)17-11(2)3)15(20)13-7-5-12(9-16)6-8-13/h5-8,11H,4,9-10,16H2,1-3H3,(H,17,19). The van der Waals surface area contributed by atoms with Gasteiger partial charge in [-0.15, -0.1) is 0 Å². The number of carbonyl (C=O) groups excluding carboxylic acids is 2. The van der Waals surface area contributed by atoms with Gasteiger partial charge in [0.15, 0.2) is 0 Å². The van der Waals surface area contributed by atoms with Crippen LogP contribution in [-0.2, 0) is 11.3 Å². The van der Waals surface area contributed by atoms with E-state index < -0.39 is 0 Å². The van der Waals surface area contributed by atoms with Gasteiger partial charge in [0.05, 0.1) is 6.54 Å². The molecule has 0 atom stereocenters. The van der Waals surface area contributed by atoms with Crippen LogP contribution in [0.3, 0.4) is 0 Å². The van der Waals surface area contributed by atoms with Crippen LogP contribution in [-0.4, -0.2) is 35.8 Å². The molecule has 0 radical (unpaired) electrons. The van der Waals surface area contributed by atoms with Crippen molar-refractivity contribution >= 4 is 11.8 Å². The molecule has 0 saturated heterocycles. The molecule has 5 heteroatoms. The molecule has 110 valence electrons. The Morgan fingerprint density at radius 3 is 2.30 bits per heavy atom. The van der Waals surface area contributed by atoms with Crippen molar-refractivity contribution in [3.8, 4) is 0 Å². The van der Waals surface area contributed by atoms with E-state index in [1.54, 1.807) is 12.1 Å². The van der Waals surface area contributed by atoms with Crippen molar-refractivity contribution in [1.82, 2.24) is 10.2 Å². The van der Waals surface area contributed by atoms with Crippen molar-refractivity contribution in [3.05, 3.63) is 35.4 Å². The fourth-order valence-electron chi connectivity index (χ4n) is 1.83. The molecule has 20 heavy (non-hydrogen) atoms. The van der Waals surface area contributed by atoms with E-state index in [-0.39, 0.29) is 24.4 Å². The van der Waals surface area contributed by atoms with Crippen LogP contribution in [0.4, 0.5) is 0 Å². The third-order valence-electron chi connectivity index (χ3n) is 2.89. The highest BCUT2D eigenvalue weighted by molar-refractivity contribution is 5.96. The third kappa shape index (κ3) is 4.66. The molecule has 0 aliphatic carbocycles. The van der Waals surface area contributed by atoms with Crippen molar-refractivity contribution in [2.75, 3.05) is 13.1 Å². The van der Waals surface area contributed by atoms with E-state index in [0.717, 1.165) is 5.56 Å². The Kier molecular flexibility index (Phi) is 6.18. The van der Waals surface area contributed by atoms with Crippen molar-refractivity contribution < 1.29 is 9.59 Å². The lowest BCUT2D eigenvalue weighted by Crippen LogP contribution is -2.42. The first-order valence-electron chi connectivity index (χ1n) is 6.85. The number of hydrogen-bond acceptors (Lipinski definition) is 3. The summed E-state index contributed by atoms with van der Waals surface area (Å²) in [5, 5.41) is 2.78. The summed E-state index contributed by atoms with van der Waals surface area (Å²) in [6.45, 7) is 6.65. The molecule has 2 amide bonds. The normalized spacial score (nSPS) is 10.4. The first-order valence-corrected chi connectivity index (χ1v) is 6.85. The topological polar surface area (TPSA) is 75.4 Å². The summed E-state index contributed by atoms with van der Waals surface area (Å²) >= 11 is 0. The van der Waals surface area contributed by atoms with Gasteiger partial charge in [0, 0.05) is 24.7 Å². The molecule has 1 rings (SSSR count). The van der Waals surface area contributed by atoms with Crippen molar-refractivity contribution in [2.24, 2.45) is 5.73 Å². The van der Waals surface area contributed by atoms with Crippen LogP contribution in [0.25, 0.3) is 0 Å². The molecule has 0 saturated carbocycles. The minimum Gasteiger partial charge on any atom is -0.352 e. The van der Waals surface area contributed by atoms with Gasteiger partial charge in [0.1, 0.15) is 0 Å². The van der Waals surface area contributed by atoms with Crippen LogP contribution in [0.5, 0.6) is 0 Å². The number of amides is 2. The second-order valence-corrected chi connectivity index (χ2v) is 4.94. The highest BCUT2D eigenvalue weighted by Gasteiger charge is 2.17. The van der Waals surface area contributed by atoms with Crippen LogP contribution in [0.1, 0.15) is 36.7 Å². The SMILES string of the molecule is CCN(CC(=O)NC(C)C)C(=O)c1ccc(CN)cc1. The average molecular weight is 277 g/mol. The molecule has 0 bridgehead atoms. The van der Waals surface area contributed by atoms with Gasteiger partial charge in [0.25, 0.3) is 5.91 Å². The molecule has 0 heterocycles. The number of nitrogens with two attached hydrogens (primary N) is 1. The number of carbonyl (C=O) groups is 2. The zero-order chi connectivity index (χ0) is 15.1. The molecule has 0 aromatic heterocycles. The number of rotatable bonds is 6. The monoisotopic (exact) mass is 277 g/mol. The van der Waals surface area contributed by atoms with Crippen molar-refractivity contribution in [2.45, 2.75) is 33.4 Å². The maximum absolute atomic E-state index is 12.3. The summed E-state index contributed by atoms with van der Waals surface area (Å²) in [5.41, 5.74) is 7.07. The Hall–Kier alpha value is -1.88. The van der Waals surface area contributed by atoms with Crippen LogP contribution >= 0.6 is 0 Å². The minimum atomic E-state index is -0.145. The first-order chi connectivity index (χ1) is 9.47. The molecular formula is C15H23N3O2. The van der Waals surface area contributed by atoms with E-state index in [2.05, 4.69) is 5.32 Å². The average Bonchev–Trinajstić information content (AvgIpc) is 2.43. The Bertz CT molecular complexity index is 455. The third-order valence-corrected chi connectivity index (χ3v) is 2.89. The highest BCUT2D eigenvalue weighted by Crippen LogP contribution is 2.07. The predicted molar refractivity (Wildman–Crippen MR) is 79.2 cm³/mol. The van der Waals surface area contributed by atoms with Gasteiger partial charge in [-0.1, -0.05) is 12.1 Å². The van der Waals surface area contributed by atoms with E-state index in [1.807, 2.05) is 32.9 Å². The summed E-state index contributed by atoms with van der Waals surface area (Å²) in [5.74, 6) is -0.288. The van der Waals surface area contributed by atoms with Gasteiger partial charge in [-0.25, -0.2) is 0 Å². The van der Waals surface area contributed by atoms with E-state index in [9.17, 15) is 9.59 Å². The summed E-state index contributed by atoms with van der Waals surface area (Å²) < 4.78 is 0. The summed E-state index contributed by atoms with van der Waals surface area (Å²) in [6.07, 6.45) is 0. The number of benzene rings is 1. The Morgan fingerprint density at radius 2 is 1.85 bits per heavy atom. The highest BCUT2D eigenvalue weighted by atomic mass is 16.2. The first kappa shape index (κ1) is 16.2. The van der Waals surface area contributed by atoms with Crippen molar-refractivity contribution in [3.63, 3.8) is 0 Å². The molecule has 0 aliphatic heterocycles. The van der Waals surface area contributed by atoms with E-state index in [4.69, 9.17) is 5.73 Å². The lowest BCUT2D eigenvalue weighted by atomic mass is 10.1. The lowest BCUT2D eigenvalue weighted by Gasteiger charge is -2.21. The summed E-state index contributed by atoms with van der Waals surface area (Å²) in [4.78, 5) is 25.6. The van der Waals surface area contributed by atoms with Gasteiger partial charge in [-0.2, -0.15) is 0 Å². The second kappa shape index (κ2) is 7.65. The minimum absolute atomic E-state index is 0.0696. The molecule has 0 spiro atoms. The van der Waals surface area contributed by atoms with E-state index in [1.165, 1.54) is 4.90 Å². The fourth-order valence-corrected chi connectivity index (χ4v) is 1.83. The number of nitrogens with one attached hydrogen (secondary N) is 1. The van der Waals surface area contributed by atoms with Gasteiger partial charge >= 0.3 is 0 Å². The number of hydrogen-bond donors (Lipinski definition) is 2. The molecule has 0 aliphatic rings. The van der Waals surface area contributed by atoms with Crippen LogP contribution in [0, 0.1) is 0 Å². The Balaban J connectivity index is 2.72. The molecule has 0 unspecified atom stereocenters. The van der Waals surface area contributed by atoms with Gasteiger partial charge in [0.2, 0.25) is 5.91 Å². The second-order valence-electron chi connectivity index (χ2n) is 4.94. The fraction of sp³-hybridized carbons (Fsp3) is 0.467. The van der Waals surface area contributed by atoms with Gasteiger partial charge in [-0.3, -0.25) is 9.59 Å². The molecule has 5 nitrogen and oxygen atoms in total. The maximum Gasteiger partial charge on any atom is 0.254 e. The quantitative estimate of drug-likeness (QED) is 0.818. The zero-order valence-corrected chi connectivity index (χ0v) is 12.3. The van der Waals surface area contributed by atoms with Crippen LogP contribution in [0.15, 0.2) is 24.3 Å². The number of likely N-dealkylation sites (N-methyl/N-ethyl adjacent to an activating group) is 1. The Labute approximate surface area is 120 Å². The van der Waals surface area contributed by atoms with Crippen molar-refractivity contribution in [1.29, 1.82) is 0 Å². The lowest BCUT2D eigenvalue weighted by molar-refractivity contribution is -0.122. The maximum atomic E-state index is 12.3. The van der Waals surface area contributed by atoms with Gasteiger partial charge in [-0.05, 0) is 38.5 Å². The smallest absolute Gasteiger partial charge is 0.254 e. The zero-order valence-electron chi connectivity index (χ0n) is 12.3. The summed E-state index contributed by atoms with van der Waals surface area (Å²) in [7, 11) is 0. The molecule has 3 N–H and O–H groups in total. The largest absolute Gasteiger partial charge is 0.352 e. The van der Waals surface area contributed by atoms with E-state index in [0.29, 0.717) is 18.7 Å². The van der Waals surface area contributed by atoms with Gasteiger partial charge < -0.3 is 16.0 Å². The predicted octanol–water partition coefficient (Wildman–Crippen LogP) is 1.13. The van der Waals surface area contributed by atoms with E-state index >= 15 is 0 Å². The molecular weight excluding hydrogens is 254 g/mol. The van der Waals surface area contributed by atoms with Crippen LogP contribution in [0.2, 0.25) is 0 Å². The molecule has 1 aromatic rings.